The third kappa shape index (κ3) is 7.11. The van der Waals surface area contributed by atoms with Crippen molar-refractivity contribution in [3.63, 3.8) is 0 Å². The number of amides is 1. The Morgan fingerprint density at radius 1 is 1.06 bits per heavy atom. The molecule has 1 saturated heterocycles. The highest BCUT2D eigenvalue weighted by molar-refractivity contribution is 6.33. The van der Waals surface area contributed by atoms with E-state index in [-0.39, 0.29) is 23.6 Å². The third-order valence-corrected chi connectivity index (χ3v) is 6.37. The quantitative estimate of drug-likeness (QED) is 0.291. The number of esters is 1. The Kier molecular flexibility index (Phi) is 9.18. The van der Waals surface area contributed by atoms with E-state index in [1.807, 2.05) is 31.2 Å². The van der Waals surface area contributed by atoms with Crippen LogP contribution >= 0.6 is 11.6 Å². The maximum Gasteiger partial charge on any atom is 0.314 e. The molecule has 4 unspecified atom stereocenters. The first-order chi connectivity index (χ1) is 16.2. The second kappa shape index (κ2) is 12.1. The van der Waals surface area contributed by atoms with E-state index >= 15 is 0 Å². The first kappa shape index (κ1) is 25.8. The van der Waals surface area contributed by atoms with Gasteiger partial charge in [0, 0.05) is 12.1 Å². The fourth-order valence-electron chi connectivity index (χ4n) is 3.79. The Hall–Kier alpha value is -2.78. The number of Topliss-reactive ketones (excluding diaryl/α,β-unsaturated/α-hetero) is 1. The molecule has 34 heavy (non-hydrogen) atoms. The number of aryl methyl sites for hydroxylation is 1. The molecule has 2 aromatic carbocycles. The monoisotopic (exact) mass is 486 g/mol. The number of ether oxygens (including phenoxy) is 1. The van der Waals surface area contributed by atoms with Crippen LogP contribution in [-0.2, 0) is 14.4 Å². The molecule has 2 aliphatic rings. The zero-order valence-corrected chi connectivity index (χ0v) is 20.3. The average molecular weight is 487 g/mol. The van der Waals surface area contributed by atoms with Gasteiger partial charge in [-0.1, -0.05) is 35.9 Å². The minimum absolute atomic E-state index is 0.0133. The van der Waals surface area contributed by atoms with E-state index in [0.717, 1.165) is 24.8 Å². The molecule has 1 saturated carbocycles. The number of anilines is 1. The predicted molar refractivity (Wildman–Crippen MR) is 131 cm³/mol. The van der Waals surface area contributed by atoms with Crippen molar-refractivity contribution >= 4 is 34.9 Å². The topological polar surface area (TPSA) is 109 Å². The molecule has 1 heterocycles. The zero-order chi connectivity index (χ0) is 24.7. The van der Waals surface area contributed by atoms with Crippen LogP contribution in [0, 0.1) is 18.8 Å². The van der Waals surface area contributed by atoms with Gasteiger partial charge in [0.15, 0.2) is 0 Å². The van der Waals surface area contributed by atoms with Gasteiger partial charge in [-0.25, -0.2) is 10.9 Å². The van der Waals surface area contributed by atoms with E-state index in [1.165, 1.54) is 6.92 Å². The average Bonchev–Trinajstić information content (AvgIpc) is 3.30. The molecular weight excluding hydrogens is 456 g/mol. The molecule has 9 heteroatoms. The van der Waals surface area contributed by atoms with E-state index in [9.17, 15) is 14.4 Å². The fraction of sp³-hybridized carbons (Fsp3) is 0.400. The van der Waals surface area contributed by atoms with Crippen LogP contribution in [-0.4, -0.2) is 29.7 Å². The van der Waals surface area contributed by atoms with Crippen molar-refractivity contribution in [1.82, 2.24) is 16.4 Å². The molecule has 4 rings (SSSR count). The maximum absolute atomic E-state index is 12.1. The van der Waals surface area contributed by atoms with E-state index < -0.39 is 5.92 Å². The van der Waals surface area contributed by atoms with E-state index in [4.69, 9.17) is 16.3 Å². The van der Waals surface area contributed by atoms with Gasteiger partial charge in [-0.3, -0.25) is 14.4 Å². The first-order valence-electron chi connectivity index (χ1n) is 11.3. The lowest BCUT2D eigenvalue weighted by atomic mass is 9.83. The van der Waals surface area contributed by atoms with Crippen LogP contribution in [0.3, 0.4) is 0 Å². The molecule has 1 amide bonds. The predicted octanol–water partition coefficient (Wildman–Crippen LogP) is 3.55. The summed E-state index contributed by atoms with van der Waals surface area (Å²) in [5.74, 6) is -0.660. The molecule has 0 radical (unpaired) electrons. The normalized spacial score (nSPS) is 21.9. The number of carbonyl (C=O) groups is 3. The zero-order valence-electron chi connectivity index (χ0n) is 19.6. The van der Waals surface area contributed by atoms with Gasteiger partial charge in [0.1, 0.15) is 11.5 Å². The molecular formula is C25H31ClN4O4. The van der Waals surface area contributed by atoms with Gasteiger partial charge in [0.2, 0.25) is 5.91 Å². The summed E-state index contributed by atoms with van der Waals surface area (Å²) in [5, 5.41) is 3.11. The number of fused-ring (bicyclic) bond motifs is 1. The summed E-state index contributed by atoms with van der Waals surface area (Å²) in [6, 6.07) is 15.3. The fourth-order valence-corrected chi connectivity index (χ4v) is 3.96. The number of ketones is 1. The molecule has 2 aromatic rings. The summed E-state index contributed by atoms with van der Waals surface area (Å²) < 4.78 is 5.39. The van der Waals surface area contributed by atoms with Crippen molar-refractivity contribution in [3.8, 4) is 5.75 Å². The molecule has 4 atom stereocenters. The summed E-state index contributed by atoms with van der Waals surface area (Å²) in [6.07, 6.45) is 2.68. The first-order valence-corrected chi connectivity index (χ1v) is 11.7. The molecule has 182 valence electrons. The number of hydrogen-bond donors (Lipinski definition) is 4. The second-order valence-corrected chi connectivity index (χ2v) is 9.08. The summed E-state index contributed by atoms with van der Waals surface area (Å²) in [6.45, 7) is 4.86. The van der Waals surface area contributed by atoms with E-state index in [2.05, 4.69) is 21.7 Å². The smallest absolute Gasteiger partial charge is 0.314 e. The SMILES string of the molecule is CC(=O)C(C)C(=O)Nc1cc(C)ccc1Cl.O=C(Oc1ccccc1)C1CCC2NNNC2C1. The molecule has 0 bridgehead atoms. The third-order valence-electron chi connectivity index (χ3n) is 6.04. The highest BCUT2D eigenvalue weighted by Crippen LogP contribution is 2.27. The van der Waals surface area contributed by atoms with E-state index in [0.29, 0.717) is 28.5 Å². The molecule has 1 aliphatic heterocycles. The number of rotatable bonds is 5. The highest BCUT2D eigenvalue weighted by atomic mass is 35.5. The number of hydrazine groups is 2. The van der Waals surface area contributed by atoms with Crippen LogP contribution in [0.4, 0.5) is 5.69 Å². The van der Waals surface area contributed by atoms with Crippen LogP contribution in [0.2, 0.25) is 5.02 Å². The van der Waals surface area contributed by atoms with Crippen molar-refractivity contribution in [2.75, 3.05) is 5.32 Å². The lowest BCUT2D eigenvalue weighted by Crippen LogP contribution is -2.42. The lowest BCUT2D eigenvalue weighted by Gasteiger charge is -2.28. The van der Waals surface area contributed by atoms with Crippen LogP contribution in [0.1, 0.15) is 38.7 Å². The Balaban J connectivity index is 0.000000192. The summed E-state index contributed by atoms with van der Waals surface area (Å²) >= 11 is 5.92. The van der Waals surface area contributed by atoms with Crippen LogP contribution in [0.25, 0.3) is 0 Å². The van der Waals surface area contributed by atoms with Gasteiger partial charge < -0.3 is 10.1 Å². The van der Waals surface area contributed by atoms with E-state index in [1.54, 1.807) is 31.2 Å². The minimum Gasteiger partial charge on any atom is -0.426 e. The van der Waals surface area contributed by atoms with Crippen molar-refractivity contribution in [1.29, 1.82) is 0 Å². The molecule has 0 aromatic heterocycles. The van der Waals surface area contributed by atoms with Gasteiger partial charge in [-0.15, -0.1) is 0 Å². The Bertz CT molecular complexity index is 1020. The number of halogens is 1. The summed E-state index contributed by atoms with van der Waals surface area (Å²) in [4.78, 5) is 34.7. The van der Waals surface area contributed by atoms with Crippen molar-refractivity contribution in [2.45, 2.75) is 52.1 Å². The van der Waals surface area contributed by atoms with Crippen molar-refractivity contribution in [3.05, 3.63) is 59.1 Å². The molecule has 8 nitrogen and oxygen atoms in total. The Labute approximate surface area is 204 Å². The standard InChI is InChI=1S/C13H17N3O2.C12H14ClNO2/c17-13(18-10-4-2-1-3-5-10)9-6-7-11-12(8-9)15-16-14-11;1-7-4-5-10(13)11(6-7)14-12(16)8(2)9(3)15/h1-5,9,11-12,14-16H,6-8H2;4-6,8H,1-3H3,(H,14,16). The molecule has 1 aliphatic carbocycles. The van der Waals surface area contributed by atoms with Gasteiger partial charge in [-0.2, -0.15) is 5.53 Å². The van der Waals surface area contributed by atoms with Crippen LogP contribution < -0.4 is 26.4 Å². The van der Waals surface area contributed by atoms with Gasteiger partial charge in [0.05, 0.1) is 22.5 Å². The Morgan fingerprint density at radius 2 is 1.76 bits per heavy atom. The van der Waals surface area contributed by atoms with Crippen molar-refractivity contribution < 1.29 is 19.1 Å². The molecule has 0 spiro atoms. The largest absolute Gasteiger partial charge is 0.426 e. The summed E-state index contributed by atoms with van der Waals surface area (Å²) in [7, 11) is 0. The summed E-state index contributed by atoms with van der Waals surface area (Å²) in [5.41, 5.74) is 10.8. The maximum atomic E-state index is 12.1. The minimum atomic E-state index is -0.656. The number of nitrogens with one attached hydrogen (secondary N) is 4. The lowest BCUT2D eigenvalue weighted by molar-refractivity contribution is -0.140. The van der Waals surface area contributed by atoms with Gasteiger partial charge in [-0.05, 0) is 69.9 Å². The number of para-hydroxylation sites is 1. The van der Waals surface area contributed by atoms with Crippen LogP contribution in [0.5, 0.6) is 5.75 Å². The number of hydrogen-bond acceptors (Lipinski definition) is 7. The number of benzene rings is 2. The van der Waals surface area contributed by atoms with Crippen LogP contribution in [0.15, 0.2) is 48.5 Å². The van der Waals surface area contributed by atoms with Gasteiger partial charge in [0.25, 0.3) is 0 Å². The number of carbonyl (C=O) groups excluding carboxylic acids is 3. The second-order valence-electron chi connectivity index (χ2n) is 8.68. The van der Waals surface area contributed by atoms with Gasteiger partial charge >= 0.3 is 5.97 Å². The highest BCUT2D eigenvalue weighted by Gasteiger charge is 2.37. The molecule has 2 fully saturated rings. The van der Waals surface area contributed by atoms with Crippen molar-refractivity contribution in [2.24, 2.45) is 11.8 Å². The Morgan fingerprint density at radius 3 is 2.47 bits per heavy atom. The molecule has 4 N–H and O–H groups in total.